The van der Waals surface area contributed by atoms with E-state index in [0.717, 1.165) is 60.2 Å². The number of aliphatic imine (C=N–C) groups is 1. The van der Waals surface area contributed by atoms with Crippen LogP contribution in [0.15, 0.2) is 177 Å². The fraction of sp³-hybridized carbons (Fsp3) is 0.114. The molecule has 244 valence electrons. The Morgan fingerprint density at radius 3 is 1.58 bits per heavy atom. The van der Waals surface area contributed by atoms with Gasteiger partial charge in [-0.3, -0.25) is 4.52 Å². The molecule has 5 nitrogen and oxygen atoms in total. The molecule has 7 aromatic carbocycles. The van der Waals surface area contributed by atoms with Gasteiger partial charge in [0.25, 0.3) is 0 Å². The molecule has 0 bridgehead atoms. The van der Waals surface area contributed by atoms with Gasteiger partial charge in [-0.25, -0.2) is 4.99 Å². The van der Waals surface area contributed by atoms with E-state index in [1.165, 1.54) is 0 Å². The predicted octanol–water partition coefficient (Wildman–Crippen LogP) is 11.1. The van der Waals surface area contributed by atoms with E-state index in [4.69, 9.17) is 22.6 Å². The SMILES string of the molecule is c1ccc(CC(Cc2ccccc2)(Op2oc3ccc4ccccc4c3c3c(ccc4ccccc43)o2)[C@H]2COC(c3ccccc3)=N2)cc1. The molecule has 0 amide bonds. The van der Waals surface area contributed by atoms with E-state index >= 15 is 0 Å². The monoisotopic (exact) mass is 671 g/mol. The van der Waals surface area contributed by atoms with Crippen LogP contribution in [-0.2, 0) is 17.6 Å². The van der Waals surface area contributed by atoms with E-state index in [1.807, 2.05) is 42.5 Å². The van der Waals surface area contributed by atoms with Crippen molar-refractivity contribution in [2.75, 3.05) is 6.61 Å². The first kappa shape index (κ1) is 30.4. The van der Waals surface area contributed by atoms with Crippen LogP contribution in [0.4, 0.5) is 0 Å². The molecule has 0 unspecified atom stereocenters. The fourth-order valence-electron chi connectivity index (χ4n) is 7.22. The van der Waals surface area contributed by atoms with Crippen molar-refractivity contribution in [1.29, 1.82) is 0 Å². The molecule has 0 saturated heterocycles. The van der Waals surface area contributed by atoms with Crippen molar-refractivity contribution >= 4 is 57.6 Å². The van der Waals surface area contributed by atoms with Crippen LogP contribution in [-0.4, -0.2) is 24.1 Å². The van der Waals surface area contributed by atoms with Gasteiger partial charge in [-0.1, -0.05) is 140 Å². The van der Waals surface area contributed by atoms with Crippen molar-refractivity contribution in [3.63, 3.8) is 0 Å². The van der Waals surface area contributed by atoms with Gasteiger partial charge >= 0.3 is 8.24 Å². The molecular formula is C44H34NO4P. The number of hydrogen-bond acceptors (Lipinski definition) is 5. The molecule has 0 fully saturated rings. The summed E-state index contributed by atoms with van der Waals surface area (Å²) in [4.78, 5) is 5.25. The second-order valence-electron chi connectivity index (χ2n) is 12.8. The van der Waals surface area contributed by atoms with Crippen LogP contribution in [0.5, 0.6) is 0 Å². The summed E-state index contributed by atoms with van der Waals surface area (Å²) in [6.07, 6.45) is 1.14. The molecule has 6 heteroatoms. The average molecular weight is 672 g/mol. The van der Waals surface area contributed by atoms with Gasteiger partial charge in [-0.05, 0) is 56.9 Å². The maximum Gasteiger partial charge on any atom is 0.388 e. The number of hydrogen-bond donors (Lipinski definition) is 0. The molecule has 1 aliphatic rings. The summed E-state index contributed by atoms with van der Waals surface area (Å²) < 4.78 is 27.6. The molecule has 0 saturated carbocycles. The number of fused-ring (bicyclic) bond motifs is 7. The van der Waals surface area contributed by atoms with Gasteiger partial charge < -0.3 is 13.1 Å². The van der Waals surface area contributed by atoms with Crippen molar-refractivity contribution < 1.29 is 17.7 Å². The molecular weight excluding hydrogens is 637 g/mol. The normalized spacial score (nSPS) is 14.6. The van der Waals surface area contributed by atoms with E-state index in [9.17, 15) is 0 Å². The third kappa shape index (κ3) is 5.75. The van der Waals surface area contributed by atoms with Crippen LogP contribution in [0.2, 0.25) is 0 Å². The highest BCUT2D eigenvalue weighted by Gasteiger charge is 2.46. The van der Waals surface area contributed by atoms with Crippen LogP contribution in [0.3, 0.4) is 0 Å². The Labute approximate surface area is 291 Å². The quantitative estimate of drug-likeness (QED) is 0.161. The number of rotatable bonds is 8. The van der Waals surface area contributed by atoms with E-state index in [-0.39, 0.29) is 6.04 Å². The molecule has 9 rings (SSSR count). The zero-order chi connectivity index (χ0) is 33.3. The van der Waals surface area contributed by atoms with E-state index < -0.39 is 13.8 Å². The Hall–Kier alpha value is -5.61. The number of benzene rings is 7. The Morgan fingerprint density at radius 2 is 1.04 bits per heavy atom. The highest BCUT2D eigenvalue weighted by atomic mass is 31.1. The summed E-state index contributed by atoms with van der Waals surface area (Å²) in [6, 6.07) is 55.9. The first-order valence-electron chi connectivity index (χ1n) is 17.0. The lowest BCUT2D eigenvalue weighted by Crippen LogP contribution is -2.51. The lowest BCUT2D eigenvalue weighted by atomic mass is 9.82. The van der Waals surface area contributed by atoms with Gasteiger partial charge in [-0.15, -0.1) is 0 Å². The second kappa shape index (κ2) is 13.0. The highest BCUT2D eigenvalue weighted by molar-refractivity contribution is 7.31. The van der Waals surface area contributed by atoms with Gasteiger partial charge in [0.15, 0.2) is 0 Å². The van der Waals surface area contributed by atoms with Crippen molar-refractivity contribution in [2.24, 2.45) is 4.99 Å². The summed E-state index contributed by atoms with van der Waals surface area (Å²) in [7, 11) is -1.97. The average Bonchev–Trinajstić information content (AvgIpc) is 3.61. The first-order chi connectivity index (χ1) is 24.7. The zero-order valence-corrected chi connectivity index (χ0v) is 28.2. The molecule has 2 heterocycles. The third-order valence-electron chi connectivity index (χ3n) is 9.61. The van der Waals surface area contributed by atoms with E-state index in [2.05, 4.69) is 121 Å². The van der Waals surface area contributed by atoms with Crippen molar-refractivity contribution in [3.05, 3.63) is 180 Å². The molecule has 1 aromatic heterocycles. The van der Waals surface area contributed by atoms with Crippen LogP contribution in [0.1, 0.15) is 16.7 Å². The maximum atomic E-state index is 7.41. The van der Waals surface area contributed by atoms with Gasteiger partial charge in [0.2, 0.25) is 5.90 Å². The largest absolute Gasteiger partial charge is 0.475 e. The molecule has 0 aliphatic carbocycles. The smallest absolute Gasteiger partial charge is 0.388 e. The first-order valence-corrected chi connectivity index (χ1v) is 18.0. The molecule has 0 radical (unpaired) electrons. The van der Waals surface area contributed by atoms with E-state index in [0.29, 0.717) is 25.3 Å². The lowest BCUT2D eigenvalue weighted by molar-refractivity contribution is 0.0715. The van der Waals surface area contributed by atoms with Crippen LogP contribution in [0.25, 0.3) is 43.5 Å². The van der Waals surface area contributed by atoms with E-state index in [1.54, 1.807) is 0 Å². The molecule has 1 aliphatic heterocycles. The van der Waals surface area contributed by atoms with Gasteiger partial charge in [0.05, 0.1) is 0 Å². The highest BCUT2D eigenvalue weighted by Crippen LogP contribution is 2.44. The fourth-order valence-corrected chi connectivity index (χ4v) is 8.51. The summed E-state index contributed by atoms with van der Waals surface area (Å²) in [5.74, 6) is 0.619. The Kier molecular flexibility index (Phi) is 7.93. The Balaban J connectivity index is 1.30. The van der Waals surface area contributed by atoms with Gasteiger partial charge in [0.1, 0.15) is 29.4 Å². The standard InChI is InChI=1S/C44H34NO4P/c1-4-14-31(15-5-1)28-44(29-32-16-6-2-7-17-32,40-30-46-43(45-40)35-20-8-3-9-21-35)49-50-47-38-26-24-33-18-10-12-22-36(33)41(38)42-37-23-13-11-19-34(37)25-27-39(42)48-50/h1-27,40H,28-30H2/t40-/m1/s1. The van der Waals surface area contributed by atoms with Crippen LogP contribution in [0, 0.1) is 0 Å². The topological polar surface area (TPSA) is 57.1 Å². The molecule has 50 heavy (non-hydrogen) atoms. The molecule has 1 atom stereocenters. The van der Waals surface area contributed by atoms with Crippen molar-refractivity contribution in [2.45, 2.75) is 24.5 Å². The summed E-state index contributed by atoms with van der Waals surface area (Å²) in [5, 5.41) is 6.49. The third-order valence-corrected chi connectivity index (χ3v) is 10.8. The molecule has 0 spiro atoms. The minimum atomic E-state index is -1.97. The van der Waals surface area contributed by atoms with Gasteiger partial charge in [-0.2, -0.15) is 0 Å². The maximum absolute atomic E-state index is 7.41. The summed E-state index contributed by atoms with van der Waals surface area (Å²) in [5.41, 5.74) is 3.79. The predicted molar refractivity (Wildman–Crippen MR) is 204 cm³/mol. The number of ether oxygens (including phenoxy) is 1. The number of nitrogens with zero attached hydrogens (tertiary/aromatic N) is 1. The van der Waals surface area contributed by atoms with Gasteiger partial charge in [0, 0.05) is 29.2 Å². The van der Waals surface area contributed by atoms with Crippen molar-refractivity contribution in [1.82, 2.24) is 0 Å². The Bertz CT molecular complexity index is 2390. The summed E-state index contributed by atoms with van der Waals surface area (Å²) in [6.45, 7) is 0.371. The van der Waals surface area contributed by atoms with Crippen LogP contribution >= 0.6 is 8.24 Å². The lowest BCUT2D eigenvalue weighted by Gasteiger charge is -2.35. The minimum absolute atomic E-state index is 0.344. The summed E-state index contributed by atoms with van der Waals surface area (Å²) >= 11 is 0. The second-order valence-corrected chi connectivity index (χ2v) is 13.8. The van der Waals surface area contributed by atoms with Crippen molar-refractivity contribution in [3.8, 4) is 0 Å². The molecule has 0 N–H and O–H groups in total. The van der Waals surface area contributed by atoms with Crippen LogP contribution < -0.4 is 4.52 Å². The molecule has 8 aromatic rings. The minimum Gasteiger partial charge on any atom is -0.475 e. The Morgan fingerprint density at radius 1 is 0.560 bits per heavy atom. The zero-order valence-electron chi connectivity index (χ0n) is 27.3.